The fourth-order valence-corrected chi connectivity index (χ4v) is 5.20. The second kappa shape index (κ2) is 8.81. The number of Topliss-reactive ketones (excluding diaryl/α,β-unsaturated/α-hetero) is 2. The summed E-state index contributed by atoms with van der Waals surface area (Å²) in [7, 11) is 0. The lowest BCUT2D eigenvalue weighted by molar-refractivity contribution is -0.113. The summed E-state index contributed by atoms with van der Waals surface area (Å²) < 4.78 is 0. The highest BCUT2D eigenvalue weighted by atomic mass is 32.2. The van der Waals surface area contributed by atoms with Gasteiger partial charge in [-0.1, -0.05) is 30.0 Å². The smallest absolute Gasteiger partial charge is 0.173 e. The Morgan fingerprint density at radius 1 is 1.21 bits per heavy atom. The Hall–Kier alpha value is -2.62. The molecule has 0 spiro atoms. The fourth-order valence-electron chi connectivity index (χ4n) is 3.37. The summed E-state index contributed by atoms with van der Waals surface area (Å²) in [5, 5.41) is 15.7. The van der Waals surface area contributed by atoms with Crippen molar-refractivity contribution in [2.24, 2.45) is 0 Å². The maximum Gasteiger partial charge on any atom is 0.173 e. The second-order valence-corrected chi connectivity index (χ2v) is 9.00. The zero-order valence-corrected chi connectivity index (χ0v) is 18.5. The molecular formula is C23H22N2O2S2. The van der Waals surface area contributed by atoms with Crippen LogP contribution < -0.4 is 5.32 Å². The molecule has 1 aliphatic heterocycles. The van der Waals surface area contributed by atoms with E-state index >= 15 is 0 Å². The molecule has 6 heteroatoms. The van der Waals surface area contributed by atoms with E-state index in [1.165, 1.54) is 30.0 Å². The maximum atomic E-state index is 12.7. The van der Waals surface area contributed by atoms with Crippen molar-refractivity contribution in [2.45, 2.75) is 33.6 Å². The quantitative estimate of drug-likeness (QED) is 0.643. The summed E-state index contributed by atoms with van der Waals surface area (Å²) in [5.74, 6) is -0.221. The summed E-state index contributed by atoms with van der Waals surface area (Å²) in [5.41, 5.74) is 4.72. The normalized spacial score (nSPS) is 16.4. The lowest BCUT2D eigenvalue weighted by Crippen LogP contribution is -2.27. The standard InChI is InChI=1S/C23H22N2O2S2/c1-13-7-8-17(10-14(13)2)19(27)12-29-23-18(11-24)22(20-6-5-9-28-20)21(16(4)26)15(3)25-23/h5-10,22,25H,12H2,1-4H3/t22-/m1/s1. The number of aryl methyl sites for hydroxylation is 2. The molecule has 0 saturated heterocycles. The van der Waals surface area contributed by atoms with Crippen LogP contribution in [0.3, 0.4) is 0 Å². The Labute approximate surface area is 179 Å². The highest BCUT2D eigenvalue weighted by Gasteiger charge is 2.33. The van der Waals surface area contributed by atoms with Gasteiger partial charge in [0.15, 0.2) is 11.6 Å². The number of nitriles is 1. The number of carbonyl (C=O) groups is 2. The first-order valence-corrected chi connectivity index (χ1v) is 11.1. The van der Waals surface area contributed by atoms with Crippen molar-refractivity contribution >= 4 is 34.7 Å². The number of thiophene rings is 1. The molecule has 0 saturated carbocycles. The Morgan fingerprint density at radius 2 is 1.97 bits per heavy atom. The molecule has 0 unspecified atom stereocenters. The zero-order valence-electron chi connectivity index (χ0n) is 16.8. The SMILES string of the molecule is CC(=O)C1=C(C)NC(SCC(=O)c2ccc(C)c(C)c2)=C(C#N)[C@@H]1c1cccs1. The van der Waals surface area contributed by atoms with Crippen molar-refractivity contribution in [2.75, 3.05) is 5.75 Å². The van der Waals surface area contributed by atoms with Crippen LogP contribution >= 0.6 is 23.1 Å². The Balaban J connectivity index is 1.90. The molecule has 29 heavy (non-hydrogen) atoms. The molecule has 4 nitrogen and oxygen atoms in total. The van der Waals surface area contributed by atoms with E-state index in [1.807, 2.05) is 56.5 Å². The lowest BCUT2D eigenvalue weighted by atomic mass is 9.85. The van der Waals surface area contributed by atoms with E-state index in [1.54, 1.807) is 0 Å². The van der Waals surface area contributed by atoms with Crippen molar-refractivity contribution in [3.63, 3.8) is 0 Å². The number of hydrogen-bond donors (Lipinski definition) is 1. The van der Waals surface area contributed by atoms with Crippen LogP contribution in [0.25, 0.3) is 0 Å². The molecule has 1 atom stereocenters. The Bertz CT molecular complexity index is 1070. The molecule has 1 aliphatic rings. The topological polar surface area (TPSA) is 70.0 Å². The Morgan fingerprint density at radius 3 is 2.55 bits per heavy atom. The van der Waals surface area contributed by atoms with Gasteiger partial charge in [-0.2, -0.15) is 5.26 Å². The fraction of sp³-hybridized carbons (Fsp3) is 0.261. The van der Waals surface area contributed by atoms with Crippen LogP contribution in [0.2, 0.25) is 0 Å². The van der Waals surface area contributed by atoms with Crippen LogP contribution in [0, 0.1) is 25.2 Å². The number of rotatable bonds is 6. The summed E-state index contributed by atoms with van der Waals surface area (Å²) in [6.45, 7) is 7.37. The number of allylic oxidation sites excluding steroid dienone is 3. The molecule has 2 aromatic rings. The van der Waals surface area contributed by atoms with Gasteiger partial charge in [-0.05, 0) is 56.3 Å². The van der Waals surface area contributed by atoms with E-state index in [-0.39, 0.29) is 17.3 Å². The molecule has 1 aromatic heterocycles. The van der Waals surface area contributed by atoms with Gasteiger partial charge in [0.2, 0.25) is 0 Å². The van der Waals surface area contributed by atoms with Gasteiger partial charge in [-0.15, -0.1) is 11.3 Å². The van der Waals surface area contributed by atoms with Gasteiger partial charge in [-0.3, -0.25) is 9.59 Å². The average molecular weight is 423 g/mol. The monoisotopic (exact) mass is 422 g/mol. The summed E-state index contributed by atoms with van der Waals surface area (Å²) in [4.78, 5) is 25.9. The van der Waals surface area contributed by atoms with Crippen molar-refractivity contribution in [3.8, 4) is 6.07 Å². The second-order valence-electron chi connectivity index (χ2n) is 7.03. The molecule has 0 fully saturated rings. The molecule has 0 amide bonds. The number of carbonyl (C=O) groups excluding carboxylic acids is 2. The predicted molar refractivity (Wildman–Crippen MR) is 119 cm³/mol. The highest BCUT2D eigenvalue weighted by Crippen LogP contribution is 2.42. The molecular weight excluding hydrogens is 400 g/mol. The van der Waals surface area contributed by atoms with Crippen molar-refractivity contribution < 1.29 is 9.59 Å². The Kier molecular flexibility index (Phi) is 6.41. The van der Waals surface area contributed by atoms with Crippen LogP contribution in [0.1, 0.15) is 46.1 Å². The van der Waals surface area contributed by atoms with Gasteiger partial charge < -0.3 is 5.32 Å². The number of thioether (sulfide) groups is 1. The minimum atomic E-state index is -0.391. The molecule has 3 rings (SSSR count). The van der Waals surface area contributed by atoms with Crippen LogP contribution in [-0.2, 0) is 4.79 Å². The van der Waals surface area contributed by atoms with E-state index in [2.05, 4.69) is 11.4 Å². The molecule has 2 heterocycles. The first kappa shape index (κ1) is 21.1. The summed E-state index contributed by atoms with van der Waals surface area (Å²) in [6, 6.07) is 11.8. The third-order valence-electron chi connectivity index (χ3n) is 5.03. The first-order chi connectivity index (χ1) is 13.8. The van der Waals surface area contributed by atoms with Crippen LogP contribution in [0.4, 0.5) is 0 Å². The van der Waals surface area contributed by atoms with Gasteiger partial charge in [0.1, 0.15) is 0 Å². The van der Waals surface area contributed by atoms with Crippen molar-refractivity contribution in [3.05, 3.63) is 79.2 Å². The van der Waals surface area contributed by atoms with Crippen molar-refractivity contribution in [1.29, 1.82) is 5.26 Å². The van der Waals surface area contributed by atoms with E-state index in [9.17, 15) is 14.9 Å². The van der Waals surface area contributed by atoms with Crippen LogP contribution in [0.5, 0.6) is 0 Å². The van der Waals surface area contributed by atoms with E-state index in [0.717, 1.165) is 21.7 Å². The number of dihydropyridines is 1. The number of nitrogens with zero attached hydrogens (tertiary/aromatic N) is 1. The third kappa shape index (κ3) is 4.36. The van der Waals surface area contributed by atoms with E-state index < -0.39 is 5.92 Å². The largest absolute Gasteiger partial charge is 0.353 e. The summed E-state index contributed by atoms with van der Waals surface area (Å²) >= 11 is 2.84. The number of hydrogen-bond acceptors (Lipinski definition) is 6. The van der Waals surface area contributed by atoms with Crippen molar-refractivity contribution in [1.82, 2.24) is 5.32 Å². The molecule has 1 N–H and O–H groups in total. The number of benzene rings is 1. The van der Waals surface area contributed by atoms with Gasteiger partial charge in [-0.25, -0.2) is 0 Å². The predicted octanol–water partition coefficient (Wildman–Crippen LogP) is 5.27. The van der Waals surface area contributed by atoms with Crippen LogP contribution in [0.15, 0.2) is 57.6 Å². The average Bonchev–Trinajstić information content (AvgIpc) is 3.21. The maximum absolute atomic E-state index is 12.7. The van der Waals surface area contributed by atoms with Gasteiger partial charge in [0.05, 0.1) is 28.3 Å². The minimum Gasteiger partial charge on any atom is -0.353 e. The van der Waals surface area contributed by atoms with E-state index in [0.29, 0.717) is 21.7 Å². The number of nitrogens with one attached hydrogen (secondary N) is 1. The lowest BCUT2D eigenvalue weighted by Gasteiger charge is -2.28. The van der Waals surface area contributed by atoms with E-state index in [4.69, 9.17) is 0 Å². The first-order valence-electron chi connectivity index (χ1n) is 9.23. The zero-order chi connectivity index (χ0) is 21.1. The van der Waals surface area contributed by atoms with Gasteiger partial charge >= 0.3 is 0 Å². The minimum absolute atomic E-state index is 0.0105. The van der Waals surface area contributed by atoms with Crippen LogP contribution in [-0.4, -0.2) is 17.3 Å². The molecule has 148 valence electrons. The van der Waals surface area contributed by atoms with Gasteiger partial charge in [0.25, 0.3) is 0 Å². The van der Waals surface area contributed by atoms with Gasteiger partial charge in [0, 0.05) is 21.7 Å². The third-order valence-corrected chi connectivity index (χ3v) is 6.99. The highest BCUT2D eigenvalue weighted by molar-refractivity contribution is 8.03. The summed E-state index contributed by atoms with van der Waals surface area (Å²) in [6.07, 6.45) is 0. The molecule has 0 aliphatic carbocycles. The molecule has 1 aromatic carbocycles. The number of ketones is 2. The molecule has 0 bridgehead atoms. The molecule has 0 radical (unpaired) electrons.